The van der Waals surface area contributed by atoms with Crippen LogP contribution in [0.1, 0.15) is 13.8 Å². The Labute approximate surface area is 91.7 Å². The van der Waals surface area contributed by atoms with Gasteiger partial charge in [-0.1, -0.05) is 18.8 Å². The first-order valence-corrected chi connectivity index (χ1v) is 11.3. The fourth-order valence-corrected chi connectivity index (χ4v) is 4.95. The summed E-state index contributed by atoms with van der Waals surface area (Å²) < 4.78 is 6.23. The van der Waals surface area contributed by atoms with Gasteiger partial charge in [0, 0.05) is 5.22 Å². The van der Waals surface area contributed by atoms with Gasteiger partial charge in [0.25, 0.3) is 0 Å². The van der Waals surface area contributed by atoms with Crippen molar-refractivity contribution in [2.45, 2.75) is 51.3 Å². The SMILES string of the molecule is [CH]C[Si](C)(C)OC(C)(C)[Si](C)(C)C=C. The molecule has 0 atom stereocenters. The van der Waals surface area contributed by atoms with Crippen molar-refractivity contribution < 1.29 is 4.43 Å². The molecule has 0 heterocycles. The lowest BCUT2D eigenvalue weighted by Crippen LogP contribution is -2.55. The van der Waals surface area contributed by atoms with Crippen LogP contribution in [0.2, 0.25) is 32.2 Å². The van der Waals surface area contributed by atoms with Crippen molar-refractivity contribution in [3.05, 3.63) is 19.2 Å². The van der Waals surface area contributed by atoms with Gasteiger partial charge >= 0.3 is 0 Å². The van der Waals surface area contributed by atoms with Crippen molar-refractivity contribution in [2.75, 3.05) is 0 Å². The Kier molecular flexibility index (Phi) is 4.37. The van der Waals surface area contributed by atoms with Gasteiger partial charge in [-0.25, -0.2) is 0 Å². The Morgan fingerprint density at radius 1 is 1.29 bits per heavy atom. The van der Waals surface area contributed by atoms with Crippen LogP contribution in [0.15, 0.2) is 12.3 Å². The van der Waals surface area contributed by atoms with Gasteiger partial charge in [-0.2, -0.15) is 0 Å². The van der Waals surface area contributed by atoms with Gasteiger partial charge in [-0.15, -0.1) is 6.58 Å². The molecule has 0 unspecified atom stereocenters. The average molecular weight is 228 g/mol. The number of hydrogen-bond donors (Lipinski definition) is 0. The van der Waals surface area contributed by atoms with E-state index in [9.17, 15) is 0 Å². The van der Waals surface area contributed by atoms with Crippen LogP contribution in [-0.4, -0.2) is 21.6 Å². The number of rotatable bonds is 5. The summed E-state index contributed by atoms with van der Waals surface area (Å²) in [6.07, 6.45) is 0. The maximum Gasteiger partial charge on any atom is 0.187 e. The van der Waals surface area contributed by atoms with Gasteiger partial charge in [0.15, 0.2) is 8.32 Å². The van der Waals surface area contributed by atoms with E-state index < -0.39 is 16.4 Å². The van der Waals surface area contributed by atoms with E-state index in [4.69, 9.17) is 11.3 Å². The van der Waals surface area contributed by atoms with Crippen molar-refractivity contribution in [1.82, 2.24) is 0 Å². The van der Waals surface area contributed by atoms with Gasteiger partial charge < -0.3 is 4.43 Å². The van der Waals surface area contributed by atoms with Gasteiger partial charge in [0.05, 0.1) is 0 Å². The second-order valence-corrected chi connectivity index (χ2v) is 14.7. The Balaban J connectivity index is 4.73. The highest BCUT2D eigenvalue weighted by atomic mass is 28.4. The van der Waals surface area contributed by atoms with Gasteiger partial charge in [0.2, 0.25) is 0 Å². The van der Waals surface area contributed by atoms with Gasteiger partial charge in [-0.3, -0.25) is 0 Å². The van der Waals surface area contributed by atoms with Crippen molar-refractivity contribution in [3.63, 3.8) is 0 Å². The summed E-state index contributed by atoms with van der Waals surface area (Å²) in [6.45, 7) is 22.9. The zero-order valence-corrected chi connectivity index (χ0v) is 12.5. The first kappa shape index (κ1) is 14.1. The third kappa shape index (κ3) is 3.37. The summed E-state index contributed by atoms with van der Waals surface area (Å²) in [7, 11) is -3.18. The lowest BCUT2D eigenvalue weighted by Gasteiger charge is -2.43. The molecule has 0 saturated heterocycles. The molecule has 0 aromatic carbocycles. The maximum absolute atomic E-state index is 6.23. The Morgan fingerprint density at radius 2 is 1.71 bits per heavy atom. The molecule has 0 spiro atoms. The lowest BCUT2D eigenvalue weighted by atomic mass is 10.5. The first-order valence-electron chi connectivity index (χ1n) is 5.12. The molecule has 1 nitrogen and oxygen atoms in total. The minimum Gasteiger partial charge on any atom is -0.415 e. The maximum atomic E-state index is 6.23. The van der Waals surface area contributed by atoms with Crippen molar-refractivity contribution in [3.8, 4) is 0 Å². The van der Waals surface area contributed by atoms with Crippen LogP contribution in [0.25, 0.3) is 0 Å². The monoisotopic (exact) mass is 228 g/mol. The minimum atomic E-state index is -1.67. The fraction of sp³-hybridized carbons (Fsp3) is 0.727. The second kappa shape index (κ2) is 4.33. The molecule has 0 N–H and O–H groups in total. The van der Waals surface area contributed by atoms with Crippen LogP contribution in [0, 0.1) is 6.92 Å². The molecule has 2 radical (unpaired) electrons. The summed E-state index contributed by atoms with van der Waals surface area (Å²) in [5.74, 6) is 0. The summed E-state index contributed by atoms with van der Waals surface area (Å²) in [5.41, 5.74) is 2.09. The molecule has 0 aromatic rings. The standard InChI is InChI=1S/C11H24OSi2/c1-9-13(5,6)11(3,4)12-14(7,8)10-2/h2,9H,1,10H2,3-8H3. The van der Waals surface area contributed by atoms with E-state index in [0.29, 0.717) is 6.04 Å². The van der Waals surface area contributed by atoms with E-state index in [1.165, 1.54) is 0 Å². The lowest BCUT2D eigenvalue weighted by molar-refractivity contribution is 0.176. The Morgan fingerprint density at radius 3 is 2.00 bits per heavy atom. The summed E-state index contributed by atoms with van der Waals surface area (Å²) in [5, 5.41) is -0.0656. The molecule has 0 rings (SSSR count). The smallest absolute Gasteiger partial charge is 0.187 e. The fourth-order valence-electron chi connectivity index (χ4n) is 1.11. The molecule has 0 aliphatic heterocycles. The van der Waals surface area contributed by atoms with E-state index in [1.807, 2.05) is 0 Å². The van der Waals surface area contributed by atoms with Gasteiger partial charge in [-0.05, 0) is 39.9 Å². The van der Waals surface area contributed by atoms with Crippen LogP contribution >= 0.6 is 0 Å². The molecule has 0 bridgehead atoms. The van der Waals surface area contributed by atoms with Crippen molar-refractivity contribution in [2.24, 2.45) is 0 Å². The molecular formula is C11H24OSi2. The van der Waals surface area contributed by atoms with Crippen molar-refractivity contribution >= 4 is 16.4 Å². The van der Waals surface area contributed by atoms with E-state index in [0.717, 1.165) is 0 Å². The zero-order chi connectivity index (χ0) is 11.6. The molecule has 82 valence electrons. The molecule has 0 fully saturated rings. The zero-order valence-electron chi connectivity index (χ0n) is 10.5. The quantitative estimate of drug-likeness (QED) is 0.652. The molecule has 0 aliphatic carbocycles. The topological polar surface area (TPSA) is 9.23 Å². The third-order valence-corrected chi connectivity index (χ3v) is 9.56. The molecule has 0 amide bonds. The average Bonchev–Trinajstić information content (AvgIpc) is 2.02. The van der Waals surface area contributed by atoms with Crippen LogP contribution in [0.5, 0.6) is 0 Å². The van der Waals surface area contributed by atoms with E-state index >= 15 is 0 Å². The largest absolute Gasteiger partial charge is 0.415 e. The highest BCUT2D eigenvalue weighted by Gasteiger charge is 2.41. The molecule has 3 heteroatoms. The van der Waals surface area contributed by atoms with E-state index in [2.05, 4.69) is 52.3 Å². The molecular weight excluding hydrogens is 204 g/mol. The Hall–Kier alpha value is 0.134. The number of hydrogen-bond acceptors (Lipinski definition) is 1. The van der Waals surface area contributed by atoms with E-state index in [1.54, 1.807) is 0 Å². The predicted octanol–water partition coefficient (Wildman–Crippen LogP) is 3.67. The van der Waals surface area contributed by atoms with Crippen LogP contribution in [0.4, 0.5) is 0 Å². The Bertz CT molecular complexity index is 207. The normalized spacial score (nSPS) is 14.2. The van der Waals surface area contributed by atoms with Crippen LogP contribution in [-0.2, 0) is 4.43 Å². The molecule has 0 aromatic heterocycles. The van der Waals surface area contributed by atoms with E-state index in [-0.39, 0.29) is 5.22 Å². The summed E-state index contributed by atoms with van der Waals surface area (Å²) in [6, 6.07) is 0.679. The highest BCUT2D eigenvalue weighted by Crippen LogP contribution is 2.29. The molecule has 0 aliphatic rings. The van der Waals surface area contributed by atoms with Crippen LogP contribution in [0.3, 0.4) is 0 Å². The summed E-state index contributed by atoms with van der Waals surface area (Å²) >= 11 is 0. The van der Waals surface area contributed by atoms with Gasteiger partial charge in [0.1, 0.15) is 8.07 Å². The second-order valence-electron chi connectivity index (χ2n) is 5.50. The molecule has 0 saturated carbocycles. The first-order chi connectivity index (χ1) is 6.08. The minimum absolute atomic E-state index is 0.0656. The predicted molar refractivity (Wildman–Crippen MR) is 69.4 cm³/mol. The molecule has 14 heavy (non-hydrogen) atoms. The van der Waals surface area contributed by atoms with Crippen molar-refractivity contribution in [1.29, 1.82) is 0 Å². The third-order valence-electron chi connectivity index (χ3n) is 3.09. The summed E-state index contributed by atoms with van der Waals surface area (Å²) in [4.78, 5) is 0. The highest BCUT2D eigenvalue weighted by molar-refractivity contribution is 6.85. The van der Waals surface area contributed by atoms with Crippen LogP contribution < -0.4 is 0 Å².